The molecule has 0 aliphatic carbocycles. The standard InChI is InChI=1S/C21H30N4O3/c1-22-20(27)17-8-6-15(7-9-17)12-19(26)25-11-3-4-16(14-25)13-24-21(28)18-5-2-10-23-18/h6-9,16,18,23H,2-5,10-14H2,1H3,(H,22,27)(H,24,28). The molecule has 3 amide bonds. The van der Waals surface area contributed by atoms with E-state index in [9.17, 15) is 14.4 Å². The smallest absolute Gasteiger partial charge is 0.251 e. The first kappa shape index (κ1) is 20.3. The first-order valence-corrected chi connectivity index (χ1v) is 10.2. The number of rotatable bonds is 6. The van der Waals surface area contributed by atoms with Crippen molar-refractivity contribution in [3.63, 3.8) is 0 Å². The molecule has 2 saturated heterocycles. The van der Waals surface area contributed by atoms with Gasteiger partial charge < -0.3 is 20.9 Å². The van der Waals surface area contributed by atoms with Gasteiger partial charge in [-0.2, -0.15) is 0 Å². The Kier molecular flexibility index (Phi) is 7.03. The Morgan fingerprint density at radius 1 is 1.14 bits per heavy atom. The Labute approximate surface area is 166 Å². The summed E-state index contributed by atoms with van der Waals surface area (Å²) < 4.78 is 0. The normalized spacial score (nSPS) is 22.0. The molecule has 0 radical (unpaired) electrons. The number of nitrogens with zero attached hydrogens (tertiary/aromatic N) is 1. The van der Waals surface area contributed by atoms with Gasteiger partial charge in [0.15, 0.2) is 0 Å². The SMILES string of the molecule is CNC(=O)c1ccc(CC(=O)N2CCCC(CNC(=O)C3CCCN3)C2)cc1. The summed E-state index contributed by atoms with van der Waals surface area (Å²) in [4.78, 5) is 38.4. The molecule has 1 aromatic carbocycles. The van der Waals surface area contributed by atoms with E-state index in [-0.39, 0.29) is 23.8 Å². The van der Waals surface area contributed by atoms with Crippen LogP contribution < -0.4 is 16.0 Å². The molecule has 7 heteroatoms. The average molecular weight is 386 g/mol. The Morgan fingerprint density at radius 3 is 2.61 bits per heavy atom. The zero-order valence-electron chi connectivity index (χ0n) is 16.5. The Morgan fingerprint density at radius 2 is 1.93 bits per heavy atom. The van der Waals surface area contributed by atoms with Crippen LogP contribution in [0.2, 0.25) is 0 Å². The van der Waals surface area contributed by atoms with E-state index in [4.69, 9.17) is 0 Å². The lowest BCUT2D eigenvalue weighted by Crippen LogP contribution is -2.47. The van der Waals surface area contributed by atoms with Crippen molar-refractivity contribution in [1.82, 2.24) is 20.9 Å². The third-order valence-electron chi connectivity index (χ3n) is 5.61. The molecule has 7 nitrogen and oxygen atoms in total. The van der Waals surface area contributed by atoms with Crippen molar-refractivity contribution in [1.29, 1.82) is 0 Å². The third kappa shape index (κ3) is 5.32. The van der Waals surface area contributed by atoms with Crippen molar-refractivity contribution >= 4 is 17.7 Å². The van der Waals surface area contributed by atoms with Crippen LogP contribution in [0.25, 0.3) is 0 Å². The van der Waals surface area contributed by atoms with E-state index >= 15 is 0 Å². The van der Waals surface area contributed by atoms with Crippen LogP contribution in [0.15, 0.2) is 24.3 Å². The molecule has 2 aliphatic heterocycles. The fourth-order valence-corrected chi connectivity index (χ4v) is 3.94. The maximum absolute atomic E-state index is 12.7. The fourth-order valence-electron chi connectivity index (χ4n) is 3.94. The van der Waals surface area contributed by atoms with Gasteiger partial charge >= 0.3 is 0 Å². The number of nitrogens with one attached hydrogen (secondary N) is 3. The second kappa shape index (κ2) is 9.68. The summed E-state index contributed by atoms with van der Waals surface area (Å²) >= 11 is 0. The van der Waals surface area contributed by atoms with E-state index in [1.807, 2.05) is 17.0 Å². The van der Waals surface area contributed by atoms with Crippen LogP contribution in [-0.2, 0) is 16.0 Å². The number of amides is 3. The highest BCUT2D eigenvalue weighted by Gasteiger charge is 2.26. The van der Waals surface area contributed by atoms with Crippen LogP contribution in [-0.4, -0.2) is 61.9 Å². The minimum Gasteiger partial charge on any atom is -0.355 e. The molecule has 3 N–H and O–H groups in total. The van der Waals surface area contributed by atoms with Crippen molar-refractivity contribution in [2.45, 2.75) is 38.1 Å². The van der Waals surface area contributed by atoms with Crippen LogP contribution in [0.3, 0.4) is 0 Å². The van der Waals surface area contributed by atoms with E-state index in [1.165, 1.54) is 0 Å². The lowest BCUT2D eigenvalue weighted by molar-refractivity contribution is -0.132. The summed E-state index contributed by atoms with van der Waals surface area (Å²) in [6.07, 6.45) is 4.28. The lowest BCUT2D eigenvalue weighted by Gasteiger charge is -2.33. The van der Waals surface area contributed by atoms with Crippen molar-refractivity contribution in [2.24, 2.45) is 5.92 Å². The number of hydrogen-bond donors (Lipinski definition) is 3. The van der Waals surface area contributed by atoms with Crippen LogP contribution in [0.1, 0.15) is 41.6 Å². The second-order valence-corrected chi connectivity index (χ2v) is 7.69. The molecule has 2 aliphatic rings. The van der Waals surface area contributed by atoms with Gasteiger partial charge in [-0.05, 0) is 55.8 Å². The molecule has 2 unspecified atom stereocenters. The molecule has 152 valence electrons. The maximum Gasteiger partial charge on any atom is 0.251 e. The maximum atomic E-state index is 12.7. The van der Waals surface area contributed by atoms with Gasteiger partial charge in [-0.1, -0.05) is 12.1 Å². The topological polar surface area (TPSA) is 90.5 Å². The molecule has 3 rings (SSSR count). The molecule has 0 saturated carbocycles. The van der Waals surface area contributed by atoms with Crippen LogP contribution in [0.5, 0.6) is 0 Å². The zero-order chi connectivity index (χ0) is 19.9. The molecule has 0 spiro atoms. The Hall–Kier alpha value is -2.41. The number of carbonyl (C=O) groups excluding carboxylic acids is 3. The molecule has 0 aromatic heterocycles. The zero-order valence-corrected chi connectivity index (χ0v) is 16.5. The summed E-state index contributed by atoms with van der Waals surface area (Å²) in [6, 6.07) is 7.09. The molecular weight excluding hydrogens is 356 g/mol. The summed E-state index contributed by atoms with van der Waals surface area (Å²) in [5, 5.41) is 8.85. The van der Waals surface area contributed by atoms with Gasteiger partial charge in [-0.15, -0.1) is 0 Å². The number of piperidine rings is 1. The minimum absolute atomic E-state index is 0.0564. The number of benzene rings is 1. The Balaban J connectivity index is 1.47. The number of carbonyl (C=O) groups is 3. The Bertz CT molecular complexity index is 698. The largest absolute Gasteiger partial charge is 0.355 e. The van der Waals surface area contributed by atoms with E-state index in [0.717, 1.165) is 44.3 Å². The molecule has 2 fully saturated rings. The molecule has 2 heterocycles. The van der Waals surface area contributed by atoms with Gasteiger partial charge in [0.1, 0.15) is 0 Å². The highest BCUT2D eigenvalue weighted by molar-refractivity contribution is 5.94. The summed E-state index contributed by atoms with van der Waals surface area (Å²) in [5.74, 6) is 0.351. The van der Waals surface area contributed by atoms with Crippen molar-refractivity contribution in [3.05, 3.63) is 35.4 Å². The molecule has 1 aromatic rings. The molecule has 2 atom stereocenters. The monoisotopic (exact) mass is 386 g/mol. The van der Waals surface area contributed by atoms with Gasteiger partial charge in [-0.3, -0.25) is 14.4 Å². The minimum atomic E-state index is -0.133. The number of hydrogen-bond acceptors (Lipinski definition) is 4. The first-order valence-electron chi connectivity index (χ1n) is 10.2. The highest BCUT2D eigenvalue weighted by atomic mass is 16.2. The predicted octanol–water partition coefficient (Wildman–Crippen LogP) is 0.696. The summed E-state index contributed by atoms with van der Waals surface area (Å²) in [7, 11) is 1.60. The van der Waals surface area contributed by atoms with Gasteiger partial charge in [0.05, 0.1) is 12.5 Å². The van der Waals surface area contributed by atoms with Crippen molar-refractivity contribution < 1.29 is 14.4 Å². The van der Waals surface area contributed by atoms with E-state index in [2.05, 4.69) is 16.0 Å². The van der Waals surface area contributed by atoms with E-state index in [1.54, 1.807) is 19.2 Å². The lowest BCUT2D eigenvalue weighted by atomic mass is 9.97. The van der Waals surface area contributed by atoms with E-state index in [0.29, 0.717) is 31.0 Å². The summed E-state index contributed by atoms with van der Waals surface area (Å²) in [5.41, 5.74) is 1.49. The van der Waals surface area contributed by atoms with Gasteiger partial charge in [0.25, 0.3) is 5.91 Å². The third-order valence-corrected chi connectivity index (χ3v) is 5.61. The summed E-state index contributed by atoms with van der Waals surface area (Å²) in [6.45, 7) is 2.99. The quantitative estimate of drug-likeness (QED) is 0.671. The van der Waals surface area contributed by atoms with Gasteiger partial charge in [-0.25, -0.2) is 0 Å². The average Bonchev–Trinajstić information content (AvgIpc) is 3.27. The second-order valence-electron chi connectivity index (χ2n) is 7.69. The van der Waals surface area contributed by atoms with Crippen molar-refractivity contribution in [2.75, 3.05) is 33.2 Å². The molecule has 0 bridgehead atoms. The molecule has 28 heavy (non-hydrogen) atoms. The van der Waals surface area contributed by atoms with Crippen LogP contribution in [0.4, 0.5) is 0 Å². The number of likely N-dealkylation sites (tertiary alicyclic amines) is 1. The first-order chi connectivity index (χ1) is 13.6. The highest BCUT2D eigenvalue weighted by Crippen LogP contribution is 2.17. The van der Waals surface area contributed by atoms with Gasteiger partial charge in [0, 0.05) is 32.2 Å². The van der Waals surface area contributed by atoms with Crippen molar-refractivity contribution in [3.8, 4) is 0 Å². The van der Waals surface area contributed by atoms with Crippen LogP contribution >= 0.6 is 0 Å². The molecular formula is C21H30N4O3. The van der Waals surface area contributed by atoms with Crippen LogP contribution in [0, 0.1) is 5.92 Å². The van der Waals surface area contributed by atoms with Gasteiger partial charge in [0.2, 0.25) is 11.8 Å². The fraction of sp³-hybridized carbons (Fsp3) is 0.571. The predicted molar refractivity (Wildman–Crippen MR) is 107 cm³/mol. The van der Waals surface area contributed by atoms with E-state index < -0.39 is 0 Å².